The molecule has 0 aliphatic carbocycles. The van der Waals surface area contributed by atoms with Gasteiger partial charge in [-0.1, -0.05) is 87.6 Å². The Hall–Kier alpha value is -7.57. The number of nitrogens with zero attached hydrogens (tertiary/aromatic N) is 9. The number of ether oxygens (including phenoxy) is 1. The maximum Gasteiger partial charge on any atom is 0.264 e. The van der Waals surface area contributed by atoms with Crippen LogP contribution >= 0.6 is 0 Å². The van der Waals surface area contributed by atoms with E-state index in [0.29, 0.717) is 47.9 Å². The lowest BCUT2D eigenvalue weighted by molar-refractivity contribution is -0.136. The molecule has 2 atom stereocenters. The highest BCUT2D eigenvalue weighted by molar-refractivity contribution is 6.25. The van der Waals surface area contributed by atoms with Crippen molar-refractivity contribution in [2.75, 3.05) is 60.1 Å². The number of hydrogen-bond donors (Lipinski definition) is 4. The number of piperidine rings is 2. The van der Waals surface area contributed by atoms with Gasteiger partial charge >= 0.3 is 0 Å². The van der Waals surface area contributed by atoms with E-state index in [2.05, 4.69) is 65.2 Å². The Kier molecular flexibility index (Phi) is 17.5. The van der Waals surface area contributed by atoms with E-state index in [1.54, 1.807) is 42.5 Å². The minimum absolute atomic E-state index is 0.0687. The van der Waals surface area contributed by atoms with Crippen LogP contribution in [-0.4, -0.2) is 121 Å². The van der Waals surface area contributed by atoms with Crippen LogP contribution in [0.1, 0.15) is 136 Å². The molecule has 2 aromatic heterocycles. The summed E-state index contributed by atoms with van der Waals surface area (Å²) in [6.45, 7) is 5.89. The molecule has 0 spiro atoms. The molecule has 6 heterocycles. The van der Waals surface area contributed by atoms with Crippen LogP contribution in [0.2, 0.25) is 0 Å². The summed E-state index contributed by atoms with van der Waals surface area (Å²) < 4.78 is 8.22. The summed E-state index contributed by atoms with van der Waals surface area (Å²) in [6, 6.07) is 21.5. The fraction of sp³-hybridized carbons (Fsp3) is 0.482. The molecule has 5 N–H and O–H groups in total. The van der Waals surface area contributed by atoms with Gasteiger partial charge < -0.3 is 35.6 Å². The molecule has 396 valence electrons. The van der Waals surface area contributed by atoms with Gasteiger partial charge in [0.15, 0.2) is 11.6 Å². The molecule has 3 aromatic carbocycles. The van der Waals surface area contributed by atoms with E-state index in [4.69, 9.17) is 10.5 Å². The molecule has 19 nitrogen and oxygen atoms in total. The minimum Gasteiger partial charge on any atom is -0.507 e. The summed E-state index contributed by atoms with van der Waals surface area (Å²) in [5.74, 6) is -1.04. The number of phenols is 1. The average Bonchev–Trinajstić information content (AvgIpc) is 4.01. The topological polar surface area (TPSA) is 234 Å². The van der Waals surface area contributed by atoms with E-state index >= 15 is 0 Å². The van der Waals surface area contributed by atoms with E-state index in [1.165, 1.54) is 57.1 Å². The maximum absolute atomic E-state index is 13.4. The van der Waals surface area contributed by atoms with Gasteiger partial charge in [0.1, 0.15) is 29.3 Å². The third kappa shape index (κ3) is 13.2. The Morgan fingerprint density at radius 1 is 0.733 bits per heavy atom. The third-order valence-corrected chi connectivity index (χ3v) is 14.9. The number of anilines is 4. The number of piperazine rings is 1. The van der Waals surface area contributed by atoms with Gasteiger partial charge in [0.25, 0.3) is 11.8 Å². The quantitative estimate of drug-likeness (QED) is 0.0346. The molecule has 0 saturated carbocycles. The second-order valence-corrected chi connectivity index (χ2v) is 20.2. The highest BCUT2D eigenvalue weighted by Gasteiger charge is 2.45. The molecule has 4 aliphatic heterocycles. The summed E-state index contributed by atoms with van der Waals surface area (Å²) >= 11 is 0. The number of aryl methyl sites for hydroxylation is 1. The molecular weight excluding hydrogens is 953 g/mol. The summed E-state index contributed by atoms with van der Waals surface area (Å²) in [5, 5.41) is 32.6. The number of imide groups is 2. The smallest absolute Gasteiger partial charge is 0.264 e. The lowest BCUT2D eigenvalue weighted by Gasteiger charge is -2.37. The van der Waals surface area contributed by atoms with E-state index in [1.807, 2.05) is 21.8 Å². The zero-order valence-corrected chi connectivity index (χ0v) is 42.8. The van der Waals surface area contributed by atoms with Gasteiger partial charge in [0.05, 0.1) is 30.4 Å². The Morgan fingerprint density at radius 2 is 1.41 bits per heavy atom. The predicted octanol–water partition coefficient (Wildman–Crippen LogP) is 7.50. The molecule has 9 rings (SSSR count). The number of para-hydroxylation sites is 1. The molecule has 3 fully saturated rings. The molecule has 5 amide bonds. The summed E-state index contributed by atoms with van der Waals surface area (Å²) in [5.41, 5.74) is 11.2. The van der Waals surface area contributed by atoms with Crippen LogP contribution in [0.25, 0.3) is 11.3 Å². The molecule has 0 bridgehead atoms. The third-order valence-electron chi connectivity index (χ3n) is 14.9. The normalized spacial score (nSPS) is 17.9. The summed E-state index contributed by atoms with van der Waals surface area (Å²) in [4.78, 5) is 71.4. The largest absolute Gasteiger partial charge is 0.507 e. The molecular formula is C56H70N12O7. The number of phenolic OH excluding ortho intramolecular Hbond substituents is 1. The molecule has 2 unspecified atom stereocenters. The lowest BCUT2D eigenvalue weighted by atomic mass is 10.0. The van der Waals surface area contributed by atoms with Crippen LogP contribution < -0.4 is 30.9 Å². The van der Waals surface area contributed by atoms with Gasteiger partial charge in [-0.15, -0.1) is 15.3 Å². The number of carbonyl (C=O) groups excluding carboxylic acids is 5. The van der Waals surface area contributed by atoms with Crippen molar-refractivity contribution in [1.29, 1.82) is 0 Å². The SMILES string of the molecule is Nc1nnc(-c2ccccc2O)cc1OC1CCCN(c2ccc(N3CCN(C(=O)CCCCCCCCCCCCCCn4cc(CNc5cccc6c5C(=O)N(C5CCC(=O)NC5=O)C6=O)nn4)CC3)cc2)C1. The Bertz CT molecular complexity index is 2790. The molecule has 3 saturated heterocycles. The molecule has 4 aliphatic rings. The zero-order valence-electron chi connectivity index (χ0n) is 42.8. The number of aromatic nitrogens is 5. The monoisotopic (exact) mass is 1020 g/mol. The number of hydrogen-bond acceptors (Lipinski definition) is 15. The first-order valence-corrected chi connectivity index (χ1v) is 27.0. The second kappa shape index (κ2) is 25.1. The molecule has 5 aromatic rings. The number of fused-ring (bicyclic) bond motifs is 1. The lowest BCUT2D eigenvalue weighted by Crippen LogP contribution is -2.54. The number of benzene rings is 3. The van der Waals surface area contributed by atoms with Gasteiger partial charge in [-0.2, -0.15) is 0 Å². The predicted molar refractivity (Wildman–Crippen MR) is 285 cm³/mol. The number of carbonyl (C=O) groups is 5. The van der Waals surface area contributed by atoms with Crippen LogP contribution in [0.15, 0.2) is 79.0 Å². The average molecular weight is 1020 g/mol. The maximum atomic E-state index is 13.4. The molecule has 19 heteroatoms. The number of amides is 5. The van der Waals surface area contributed by atoms with Crippen LogP contribution in [-0.2, 0) is 27.5 Å². The van der Waals surface area contributed by atoms with Crippen molar-refractivity contribution in [2.45, 2.75) is 134 Å². The fourth-order valence-electron chi connectivity index (χ4n) is 10.7. The number of nitrogen functional groups attached to an aromatic ring is 1. The van der Waals surface area contributed by atoms with E-state index in [9.17, 15) is 29.1 Å². The highest BCUT2D eigenvalue weighted by Crippen LogP contribution is 2.35. The van der Waals surface area contributed by atoms with E-state index in [0.717, 1.165) is 88.4 Å². The van der Waals surface area contributed by atoms with Gasteiger partial charge in [-0.05, 0) is 80.6 Å². The van der Waals surface area contributed by atoms with E-state index in [-0.39, 0.29) is 47.5 Å². The molecule has 75 heavy (non-hydrogen) atoms. The molecule has 0 radical (unpaired) electrons. The number of nitrogens with two attached hydrogens (primary N) is 1. The summed E-state index contributed by atoms with van der Waals surface area (Å²) in [6.07, 6.45) is 18.5. The van der Waals surface area contributed by atoms with Crippen molar-refractivity contribution in [3.8, 4) is 22.8 Å². The zero-order chi connectivity index (χ0) is 52.1. The van der Waals surface area contributed by atoms with Crippen molar-refractivity contribution < 1.29 is 33.8 Å². The van der Waals surface area contributed by atoms with Gasteiger partial charge in [-0.25, -0.2) is 0 Å². The first-order valence-electron chi connectivity index (χ1n) is 27.0. The second-order valence-electron chi connectivity index (χ2n) is 20.2. The Balaban J connectivity index is 0.578. The Labute approximate surface area is 438 Å². The van der Waals surface area contributed by atoms with Crippen LogP contribution in [0.5, 0.6) is 11.5 Å². The van der Waals surface area contributed by atoms with Gasteiger partial charge in [-0.3, -0.25) is 38.9 Å². The number of rotatable bonds is 24. The number of nitrogens with one attached hydrogen (secondary N) is 2. The van der Waals surface area contributed by atoms with Gasteiger partial charge in [0, 0.05) is 80.8 Å². The fourth-order valence-corrected chi connectivity index (χ4v) is 10.7. The number of aromatic hydroxyl groups is 1. The standard InChI is InChI=1S/C56H70N12O7/c57-53-49(35-46(61-62-53)43-18-12-13-21-48(43)69)75-42-17-16-29-66(38-42)41-25-23-40(24-26-41)64-31-33-65(34-32-64)51(71)22-11-9-7-5-3-1-2-4-6-8-10-14-30-67-37-39(60-63-67)36-58-45-20-15-19-44-52(45)56(74)68(55(44)73)47-27-28-50(70)59-54(47)72/h12-13,15,18-21,23-26,35,37,42,47,58,69H,1-11,14,16-17,22,27-34,36,38H2,(H2,57,62)(H,59,70,72). The number of unbranched alkanes of at least 4 members (excludes halogenated alkanes) is 11. The van der Waals surface area contributed by atoms with Crippen LogP contribution in [0.4, 0.5) is 22.9 Å². The first kappa shape index (κ1) is 52.3. The van der Waals surface area contributed by atoms with Crippen molar-refractivity contribution in [1.82, 2.24) is 40.3 Å². The van der Waals surface area contributed by atoms with Crippen LogP contribution in [0, 0.1) is 0 Å². The van der Waals surface area contributed by atoms with Crippen molar-refractivity contribution in [2.24, 2.45) is 0 Å². The first-order chi connectivity index (χ1) is 36.6. The van der Waals surface area contributed by atoms with Crippen molar-refractivity contribution in [3.05, 3.63) is 95.8 Å². The minimum atomic E-state index is -1.01. The van der Waals surface area contributed by atoms with E-state index < -0.39 is 29.7 Å². The Morgan fingerprint density at radius 3 is 2.13 bits per heavy atom. The highest BCUT2D eigenvalue weighted by atomic mass is 16.5. The van der Waals surface area contributed by atoms with Gasteiger partial charge in [0.2, 0.25) is 17.7 Å². The summed E-state index contributed by atoms with van der Waals surface area (Å²) in [7, 11) is 0. The van der Waals surface area contributed by atoms with Crippen LogP contribution in [0.3, 0.4) is 0 Å². The van der Waals surface area contributed by atoms with Crippen molar-refractivity contribution >= 4 is 52.4 Å². The van der Waals surface area contributed by atoms with Crippen molar-refractivity contribution in [3.63, 3.8) is 0 Å².